The second-order valence-corrected chi connectivity index (χ2v) is 6.53. The fraction of sp³-hybridized carbons (Fsp3) is 0.533. The molecule has 1 fully saturated rings. The molecule has 0 radical (unpaired) electrons. The molecule has 2 unspecified atom stereocenters. The van der Waals surface area contributed by atoms with Gasteiger partial charge in [0.15, 0.2) is 0 Å². The molecule has 110 valence electrons. The number of carbonyl (C=O) groups is 1. The van der Waals surface area contributed by atoms with Gasteiger partial charge in [0.05, 0.1) is 0 Å². The number of hydrogen-bond acceptors (Lipinski definition) is 3. The largest absolute Gasteiger partial charge is 0.354 e. The van der Waals surface area contributed by atoms with E-state index in [0.29, 0.717) is 12.5 Å². The SMILES string of the molecule is CC(N)(C(=O)NCCC1CCNC1)c1ccc(Br)cc1. The van der Waals surface area contributed by atoms with Crippen LogP contribution in [0.15, 0.2) is 28.7 Å². The number of amides is 1. The Kier molecular flexibility index (Phi) is 5.18. The summed E-state index contributed by atoms with van der Waals surface area (Å²) in [5.41, 5.74) is 6.01. The lowest BCUT2D eigenvalue weighted by Crippen LogP contribution is -2.49. The summed E-state index contributed by atoms with van der Waals surface area (Å²) in [4.78, 5) is 12.3. The average molecular weight is 340 g/mol. The van der Waals surface area contributed by atoms with Crippen LogP contribution in [0.2, 0.25) is 0 Å². The van der Waals surface area contributed by atoms with Gasteiger partial charge in [-0.3, -0.25) is 4.79 Å². The lowest BCUT2D eigenvalue weighted by Gasteiger charge is -2.24. The molecule has 1 heterocycles. The van der Waals surface area contributed by atoms with Gasteiger partial charge in [-0.1, -0.05) is 28.1 Å². The maximum Gasteiger partial charge on any atom is 0.244 e. The Balaban J connectivity index is 1.87. The minimum atomic E-state index is -0.991. The molecule has 1 amide bonds. The number of nitrogens with one attached hydrogen (secondary N) is 2. The molecule has 5 heteroatoms. The highest BCUT2D eigenvalue weighted by atomic mass is 79.9. The Morgan fingerprint density at radius 3 is 2.80 bits per heavy atom. The highest BCUT2D eigenvalue weighted by Gasteiger charge is 2.30. The van der Waals surface area contributed by atoms with Crippen molar-refractivity contribution in [2.75, 3.05) is 19.6 Å². The Morgan fingerprint density at radius 2 is 2.20 bits per heavy atom. The maximum atomic E-state index is 12.3. The van der Waals surface area contributed by atoms with Gasteiger partial charge in [0.1, 0.15) is 5.54 Å². The van der Waals surface area contributed by atoms with E-state index in [1.807, 2.05) is 24.3 Å². The Bertz CT molecular complexity index is 453. The van der Waals surface area contributed by atoms with Crippen molar-refractivity contribution in [2.45, 2.75) is 25.3 Å². The molecule has 2 rings (SSSR count). The number of nitrogens with two attached hydrogens (primary N) is 1. The number of carbonyl (C=O) groups excluding carboxylic acids is 1. The van der Waals surface area contributed by atoms with Gasteiger partial charge >= 0.3 is 0 Å². The van der Waals surface area contributed by atoms with Crippen molar-refractivity contribution in [3.8, 4) is 0 Å². The third-order valence-corrected chi connectivity index (χ3v) is 4.44. The van der Waals surface area contributed by atoms with Crippen LogP contribution in [-0.2, 0) is 10.3 Å². The van der Waals surface area contributed by atoms with Gasteiger partial charge < -0.3 is 16.4 Å². The molecule has 2 atom stereocenters. The fourth-order valence-electron chi connectivity index (χ4n) is 2.46. The van der Waals surface area contributed by atoms with E-state index in [2.05, 4.69) is 26.6 Å². The van der Waals surface area contributed by atoms with Crippen LogP contribution >= 0.6 is 15.9 Å². The summed E-state index contributed by atoms with van der Waals surface area (Å²) >= 11 is 3.38. The molecule has 0 spiro atoms. The molecule has 20 heavy (non-hydrogen) atoms. The van der Waals surface area contributed by atoms with Crippen molar-refractivity contribution in [1.82, 2.24) is 10.6 Å². The summed E-state index contributed by atoms with van der Waals surface area (Å²) in [5.74, 6) is 0.554. The fourth-order valence-corrected chi connectivity index (χ4v) is 2.73. The van der Waals surface area contributed by atoms with E-state index in [1.165, 1.54) is 6.42 Å². The smallest absolute Gasteiger partial charge is 0.244 e. The molecule has 1 aliphatic heterocycles. The topological polar surface area (TPSA) is 67.2 Å². The Labute approximate surface area is 128 Å². The first-order valence-corrected chi connectivity index (χ1v) is 7.83. The van der Waals surface area contributed by atoms with Crippen molar-refractivity contribution in [2.24, 2.45) is 11.7 Å². The van der Waals surface area contributed by atoms with Crippen LogP contribution in [0.4, 0.5) is 0 Å². The minimum absolute atomic E-state index is 0.120. The quantitative estimate of drug-likeness (QED) is 0.765. The molecular weight excluding hydrogens is 318 g/mol. The maximum absolute atomic E-state index is 12.3. The molecule has 1 aromatic carbocycles. The minimum Gasteiger partial charge on any atom is -0.354 e. The predicted molar refractivity (Wildman–Crippen MR) is 84.3 cm³/mol. The van der Waals surface area contributed by atoms with Gasteiger partial charge in [-0.25, -0.2) is 0 Å². The van der Waals surface area contributed by atoms with Gasteiger partial charge in [-0.05, 0) is 56.5 Å². The van der Waals surface area contributed by atoms with Crippen LogP contribution in [0, 0.1) is 5.92 Å². The highest BCUT2D eigenvalue weighted by Crippen LogP contribution is 2.20. The van der Waals surface area contributed by atoms with E-state index >= 15 is 0 Å². The zero-order valence-corrected chi connectivity index (χ0v) is 13.4. The Hall–Kier alpha value is -0.910. The standard InChI is InChI=1S/C15H22BrN3O/c1-15(17,12-2-4-13(16)5-3-12)14(20)19-9-7-11-6-8-18-10-11/h2-5,11,18H,6-10,17H2,1H3,(H,19,20). The summed E-state index contributed by atoms with van der Waals surface area (Å²) in [7, 11) is 0. The summed E-state index contributed by atoms with van der Waals surface area (Å²) in [6.07, 6.45) is 2.21. The molecule has 1 aromatic rings. The molecule has 1 saturated heterocycles. The van der Waals surface area contributed by atoms with Crippen molar-refractivity contribution in [3.63, 3.8) is 0 Å². The molecule has 4 nitrogen and oxygen atoms in total. The van der Waals surface area contributed by atoms with E-state index in [-0.39, 0.29) is 5.91 Å². The normalized spacial score (nSPS) is 21.4. The second kappa shape index (κ2) is 6.70. The van der Waals surface area contributed by atoms with Gasteiger partial charge in [-0.2, -0.15) is 0 Å². The Morgan fingerprint density at radius 1 is 1.50 bits per heavy atom. The zero-order chi connectivity index (χ0) is 14.6. The van der Waals surface area contributed by atoms with E-state index in [4.69, 9.17) is 5.73 Å². The average Bonchev–Trinajstić information content (AvgIpc) is 2.92. The van der Waals surface area contributed by atoms with E-state index in [0.717, 1.165) is 29.5 Å². The van der Waals surface area contributed by atoms with Crippen molar-refractivity contribution in [3.05, 3.63) is 34.3 Å². The number of benzene rings is 1. The number of rotatable bonds is 5. The monoisotopic (exact) mass is 339 g/mol. The van der Waals surface area contributed by atoms with Crippen LogP contribution in [-0.4, -0.2) is 25.5 Å². The van der Waals surface area contributed by atoms with Gasteiger partial charge in [0.25, 0.3) is 0 Å². The zero-order valence-electron chi connectivity index (χ0n) is 11.8. The first kappa shape index (κ1) is 15.5. The summed E-state index contributed by atoms with van der Waals surface area (Å²) in [5, 5.41) is 6.29. The lowest BCUT2D eigenvalue weighted by molar-refractivity contribution is -0.126. The number of halogens is 1. The van der Waals surface area contributed by atoms with E-state index in [1.54, 1.807) is 6.92 Å². The van der Waals surface area contributed by atoms with Gasteiger partial charge in [-0.15, -0.1) is 0 Å². The molecule has 1 aliphatic rings. The molecule has 4 N–H and O–H groups in total. The van der Waals surface area contributed by atoms with Crippen LogP contribution in [0.1, 0.15) is 25.3 Å². The molecule has 0 aliphatic carbocycles. The van der Waals surface area contributed by atoms with Crippen LogP contribution in [0.3, 0.4) is 0 Å². The van der Waals surface area contributed by atoms with Gasteiger partial charge in [0, 0.05) is 11.0 Å². The first-order valence-electron chi connectivity index (χ1n) is 7.04. The lowest BCUT2D eigenvalue weighted by atomic mass is 9.92. The van der Waals surface area contributed by atoms with Crippen molar-refractivity contribution >= 4 is 21.8 Å². The number of hydrogen-bond donors (Lipinski definition) is 3. The molecular formula is C15H22BrN3O. The third kappa shape index (κ3) is 3.81. The first-order chi connectivity index (χ1) is 9.50. The van der Waals surface area contributed by atoms with Crippen LogP contribution in [0.5, 0.6) is 0 Å². The second-order valence-electron chi connectivity index (χ2n) is 5.61. The van der Waals surface area contributed by atoms with Crippen molar-refractivity contribution in [1.29, 1.82) is 0 Å². The third-order valence-electron chi connectivity index (χ3n) is 3.92. The molecule has 0 bridgehead atoms. The van der Waals surface area contributed by atoms with Crippen molar-refractivity contribution < 1.29 is 4.79 Å². The van der Waals surface area contributed by atoms with Gasteiger partial charge in [0.2, 0.25) is 5.91 Å². The van der Waals surface area contributed by atoms with Crippen LogP contribution < -0.4 is 16.4 Å². The molecule has 0 aromatic heterocycles. The highest BCUT2D eigenvalue weighted by molar-refractivity contribution is 9.10. The van der Waals surface area contributed by atoms with E-state index in [9.17, 15) is 4.79 Å². The molecule has 0 saturated carbocycles. The summed E-state index contributed by atoms with van der Waals surface area (Å²) in [6, 6.07) is 7.56. The predicted octanol–water partition coefficient (Wildman–Crippen LogP) is 1.74. The van der Waals surface area contributed by atoms with E-state index < -0.39 is 5.54 Å². The summed E-state index contributed by atoms with van der Waals surface area (Å²) in [6.45, 7) is 4.59. The van der Waals surface area contributed by atoms with Crippen LogP contribution in [0.25, 0.3) is 0 Å². The summed E-state index contributed by atoms with van der Waals surface area (Å²) < 4.78 is 0.978.